The van der Waals surface area contributed by atoms with Gasteiger partial charge in [-0.3, -0.25) is 0 Å². The predicted molar refractivity (Wildman–Crippen MR) is 99.5 cm³/mol. The Labute approximate surface area is 151 Å². The highest BCUT2D eigenvalue weighted by Gasteiger charge is 2.25. The SMILES string of the molecule is CC(C)c1ccc(C2=C[C@@H](c3ccccc3Cl)n3nnnc3N2)cc1. The minimum Gasteiger partial charge on any atom is -0.323 e. The topological polar surface area (TPSA) is 55.6 Å². The maximum atomic E-state index is 6.41. The molecule has 4 rings (SSSR count). The lowest BCUT2D eigenvalue weighted by Gasteiger charge is -2.24. The molecular formula is C19H18ClN5. The van der Waals surface area contributed by atoms with Crippen molar-refractivity contribution in [2.75, 3.05) is 5.32 Å². The van der Waals surface area contributed by atoms with E-state index in [0.717, 1.165) is 16.8 Å². The van der Waals surface area contributed by atoms with Crippen molar-refractivity contribution >= 4 is 23.2 Å². The first kappa shape index (κ1) is 15.8. The number of allylic oxidation sites excluding steroid dienone is 1. The minimum absolute atomic E-state index is 0.153. The molecule has 1 aliphatic heterocycles. The van der Waals surface area contributed by atoms with Gasteiger partial charge in [0.25, 0.3) is 0 Å². The zero-order chi connectivity index (χ0) is 17.4. The first-order chi connectivity index (χ1) is 12.1. The summed E-state index contributed by atoms with van der Waals surface area (Å²) in [5.74, 6) is 1.11. The summed E-state index contributed by atoms with van der Waals surface area (Å²) in [6, 6.07) is 16.2. The van der Waals surface area contributed by atoms with Gasteiger partial charge < -0.3 is 5.32 Å². The molecule has 126 valence electrons. The number of rotatable bonds is 3. The highest BCUT2D eigenvalue weighted by atomic mass is 35.5. The number of tetrazole rings is 1. The molecule has 0 amide bonds. The second kappa shape index (κ2) is 6.33. The van der Waals surface area contributed by atoms with Crippen LogP contribution < -0.4 is 5.32 Å². The molecule has 5 nitrogen and oxygen atoms in total. The van der Waals surface area contributed by atoms with Gasteiger partial charge in [-0.25, -0.2) is 0 Å². The van der Waals surface area contributed by atoms with Gasteiger partial charge in [0, 0.05) is 10.7 Å². The molecule has 6 heteroatoms. The summed E-state index contributed by atoms with van der Waals surface area (Å²) in [7, 11) is 0. The molecule has 2 aromatic carbocycles. The number of hydrogen-bond acceptors (Lipinski definition) is 4. The van der Waals surface area contributed by atoms with E-state index in [9.17, 15) is 0 Å². The summed E-state index contributed by atoms with van der Waals surface area (Å²) in [6.45, 7) is 4.38. The summed E-state index contributed by atoms with van der Waals surface area (Å²) in [6.07, 6.45) is 2.11. The molecule has 1 aliphatic rings. The van der Waals surface area contributed by atoms with E-state index in [1.165, 1.54) is 5.56 Å². The van der Waals surface area contributed by atoms with Crippen molar-refractivity contribution in [3.8, 4) is 0 Å². The molecule has 1 atom stereocenters. The molecule has 3 aromatic rings. The van der Waals surface area contributed by atoms with Crippen LogP contribution in [0.25, 0.3) is 5.70 Å². The van der Waals surface area contributed by atoms with Crippen molar-refractivity contribution in [1.29, 1.82) is 0 Å². The van der Waals surface area contributed by atoms with E-state index in [1.807, 2.05) is 24.3 Å². The Kier molecular flexibility index (Phi) is 4.01. The summed E-state index contributed by atoms with van der Waals surface area (Å²) < 4.78 is 1.74. The fraction of sp³-hybridized carbons (Fsp3) is 0.211. The van der Waals surface area contributed by atoms with E-state index in [-0.39, 0.29) is 6.04 Å². The van der Waals surface area contributed by atoms with Crippen LogP contribution in [0.2, 0.25) is 5.02 Å². The molecule has 1 aromatic heterocycles. The van der Waals surface area contributed by atoms with E-state index in [1.54, 1.807) is 4.68 Å². The zero-order valence-electron chi connectivity index (χ0n) is 14.0. The average molecular weight is 352 g/mol. The maximum absolute atomic E-state index is 6.41. The molecule has 2 heterocycles. The molecular weight excluding hydrogens is 334 g/mol. The number of anilines is 1. The number of nitrogens with zero attached hydrogens (tertiary/aromatic N) is 4. The van der Waals surface area contributed by atoms with Gasteiger partial charge in [0.05, 0.1) is 0 Å². The van der Waals surface area contributed by atoms with Gasteiger partial charge in [-0.2, -0.15) is 4.68 Å². The van der Waals surface area contributed by atoms with E-state index >= 15 is 0 Å². The molecule has 1 N–H and O–H groups in total. The molecule has 0 fully saturated rings. The van der Waals surface area contributed by atoms with Crippen molar-refractivity contribution in [3.05, 3.63) is 76.3 Å². The van der Waals surface area contributed by atoms with Crippen molar-refractivity contribution in [3.63, 3.8) is 0 Å². The van der Waals surface area contributed by atoms with Gasteiger partial charge in [0.2, 0.25) is 5.95 Å². The van der Waals surface area contributed by atoms with Crippen LogP contribution in [0, 0.1) is 0 Å². The van der Waals surface area contributed by atoms with E-state index in [4.69, 9.17) is 11.6 Å². The highest BCUT2D eigenvalue weighted by Crippen LogP contribution is 2.34. The van der Waals surface area contributed by atoms with Crippen LogP contribution in [0.15, 0.2) is 54.6 Å². The third-order valence-electron chi connectivity index (χ3n) is 4.44. The van der Waals surface area contributed by atoms with Crippen LogP contribution in [0.5, 0.6) is 0 Å². The molecule has 0 unspecified atom stereocenters. The summed E-state index contributed by atoms with van der Waals surface area (Å²) >= 11 is 6.41. The third-order valence-corrected chi connectivity index (χ3v) is 4.78. The first-order valence-electron chi connectivity index (χ1n) is 8.25. The predicted octanol–water partition coefficient (Wildman–Crippen LogP) is 4.51. The van der Waals surface area contributed by atoms with Gasteiger partial charge >= 0.3 is 0 Å². The molecule has 0 bridgehead atoms. The first-order valence-corrected chi connectivity index (χ1v) is 8.63. The third kappa shape index (κ3) is 2.91. The fourth-order valence-corrected chi connectivity index (χ4v) is 3.25. The Balaban J connectivity index is 1.77. The average Bonchev–Trinajstić information content (AvgIpc) is 3.10. The van der Waals surface area contributed by atoms with Crippen molar-refractivity contribution in [2.45, 2.75) is 25.8 Å². The molecule has 25 heavy (non-hydrogen) atoms. The smallest absolute Gasteiger partial charge is 0.248 e. The number of fused-ring (bicyclic) bond motifs is 1. The molecule has 0 saturated heterocycles. The van der Waals surface area contributed by atoms with E-state index < -0.39 is 0 Å². The summed E-state index contributed by atoms with van der Waals surface area (Å²) in [4.78, 5) is 0. The van der Waals surface area contributed by atoms with Crippen LogP contribution >= 0.6 is 11.6 Å². The van der Waals surface area contributed by atoms with Crippen molar-refractivity contribution in [1.82, 2.24) is 20.2 Å². The van der Waals surface area contributed by atoms with Crippen molar-refractivity contribution < 1.29 is 0 Å². The summed E-state index contributed by atoms with van der Waals surface area (Å²) in [5.41, 5.74) is 4.35. The number of benzene rings is 2. The number of nitrogens with one attached hydrogen (secondary N) is 1. The molecule has 0 spiro atoms. The van der Waals surface area contributed by atoms with Gasteiger partial charge in [-0.05, 0) is 45.2 Å². The Morgan fingerprint density at radius 2 is 1.84 bits per heavy atom. The Bertz CT molecular complexity index is 927. The van der Waals surface area contributed by atoms with Crippen molar-refractivity contribution in [2.24, 2.45) is 0 Å². The molecule has 0 aliphatic carbocycles. The lowest BCUT2D eigenvalue weighted by molar-refractivity contribution is 0.586. The number of aromatic nitrogens is 4. The monoisotopic (exact) mass is 351 g/mol. The van der Waals surface area contributed by atoms with E-state index in [2.05, 4.69) is 65.0 Å². The molecule has 0 radical (unpaired) electrons. The Morgan fingerprint density at radius 1 is 1.08 bits per heavy atom. The van der Waals surface area contributed by atoms with Gasteiger partial charge in [-0.15, -0.1) is 0 Å². The van der Waals surface area contributed by atoms with Crippen LogP contribution in [-0.4, -0.2) is 20.2 Å². The maximum Gasteiger partial charge on any atom is 0.248 e. The standard InChI is InChI=1S/C19H18ClN5/c1-12(2)13-7-9-14(10-8-13)17-11-18(15-5-3-4-6-16(15)20)25-19(21-17)22-23-24-25/h3-12,18H,1-2H3,(H,21,22,24)/t18-/m0/s1. The quantitative estimate of drug-likeness (QED) is 0.754. The van der Waals surface area contributed by atoms with Crippen LogP contribution in [0.3, 0.4) is 0 Å². The second-order valence-corrected chi connectivity index (χ2v) is 6.80. The largest absolute Gasteiger partial charge is 0.323 e. The normalized spacial score (nSPS) is 16.3. The minimum atomic E-state index is -0.153. The number of hydrogen-bond donors (Lipinski definition) is 1. The number of halogens is 1. The van der Waals surface area contributed by atoms with Crippen LogP contribution in [0.4, 0.5) is 5.95 Å². The van der Waals surface area contributed by atoms with Gasteiger partial charge in [-0.1, -0.05) is 73.0 Å². The van der Waals surface area contributed by atoms with Gasteiger partial charge in [0.1, 0.15) is 6.04 Å². The Hall–Kier alpha value is -2.66. The lowest BCUT2D eigenvalue weighted by atomic mass is 9.98. The van der Waals surface area contributed by atoms with Crippen LogP contribution in [-0.2, 0) is 0 Å². The van der Waals surface area contributed by atoms with Crippen LogP contribution in [0.1, 0.15) is 42.5 Å². The molecule has 0 saturated carbocycles. The second-order valence-electron chi connectivity index (χ2n) is 6.40. The van der Waals surface area contributed by atoms with E-state index in [0.29, 0.717) is 16.9 Å². The van der Waals surface area contributed by atoms with Gasteiger partial charge in [0.15, 0.2) is 0 Å². The summed E-state index contributed by atoms with van der Waals surface area (Å²) in [5, 5.41) is 16.0. The zero-order valence-corrected chi connectivity index (χ0v) is 14.8. The lowest BCUT2D eigenvalue weighted by Crippen LogP contribution is -2.20. The fourth-order valence-electron chi connectivity index (χ4n) is 3.01. The highest BCUT2D eigenvalue weighted by molar-refractivity contribution is 6.31. The Morgan fingerprint density at radius 3 is 2.56 bits per heavy atom.